The molecule has 4 N–H and O–H groups in total. The summed E-state index contributed by atoms with van der Waals surface area (Å²) in [6.45, 7) is 5.28. The molecule has 108 valence electrons. The van der Waals surface area contributed by atoms with E-state index < -0.39 is 0 Å². The van der Waals surface area contributed by atoms with Gasteiger partial charge in [-0.25, -0.2) is 4.98 Å². The lowest BCUT2D eigenvalue weighted by Crippen LogP contribution is -2.48. The fraction of sp³-hybridized carbons (Fsp3) is 0.615. The van der Waals surface area contributed by atoms with Gasteiger partial charge in [0.15, 0.2) is 11.2 Å². The summed E-state index contributed by atoms with van der Waals surface area (Å²) in [5.74, 6) is 0.869. The average molecular weight is 277 g/mol. The SMILES string of the molecule is CC1(C)[C@H](CO)C[C@@H]1Cn1cnc2c(=O)[nH]c(N)nc21. The molecule has 1 fully saturated rings. The molecule has 0 amide bonds. The molecule has 2 atom stereocenters. The van der Waals surface area contributed by atoms with Crippen LogP contribution in [0.2, 0.25) is 0 Å². The fourth-order valence-electron chi connectivity index (χ4n) is 3.09. The van der Waals surface area contributed by atoms with Crippen LogP contribution >= 0.6 is 0 Å². The summed E-state index contributed by atoms with van der Waals surface area (Å²) >= 11 is 0. The molecule has 2 aromatic rings. The van der Waals surface area contributed by atoms with Crippen LogP contribution in [0.5, 0.6) is 0 Å². The third-order valence-electron chi connectivity index (χ3n) is 4.80. The summed E-state index contributed by atoms with van der Waals surface area (Å²) in [6.07, 6.45) is 2.61. The minimum Gasteiger partial charge on any atom is -0.396 e. The maximum absolute atomic E-state index is 11.7. The van der Waals surface area contributed by atoms with Crippen LogP contribution in [0.3, 0.4) is 0 Å². The highest BCUT2D eigenvalue weighted by Gasteiger charge is 2.47. The molecular weight excluding hydrogens is 258 g/mol. The number of nitrogens with two attached hydrogens (primary N) is 1. The van der Waals surface area contributed by atoms with Gasteiger partial charge in [-0.15, -0.1) is 0 Å². The van der Waals surface area contributed by atoms with Crippen LogP contribution in [0, 0.1) is 17.3 Å². The minimum atomic E-state index is -0.313. The maximum atomic E-state index is 11.7. The van der Waals surface area contributed by atoms with Crippen molar-refractivity contribution in [3.8, 4) is 0 Å². The van der Waals surface area contributed by atoms with Gasteiger partial charge in [-0.05, 0) is 23.7 Å². The van der Waals surface area contributed by atoms with E-state index in [1.807, 2.05) is 4.57 Å². The number of nitrogen functional groups attached to an aromatic ring is 1. The number of aliphatic hydroxyl groups excluding tert-OH is 1. The zero-order valence-corrected chi connectivity index (χ0v) is 11.6. The predicted octanol–water partition coefficient (Wildman–Crippen LogP) is 0.356. The van der Waals surface area contributed by atoms with Crippen LogP contribution in [-0.2, 0) is 6.54 Å². The molecule has 0 bridgehead atoms. The van der Waals surface area contributed by atoms with Crippen LogP contribution in [0.1, 0.15) is 20.3 Å². The van der Waals surface area contributed by atoms with Crippen LogP contribution in [0.25, 0.3) is 11.2 Å². The number of anilines is 1. The van der Waals surface area contributed by atoms with E-state index in [1.54, 1.807) is 6.33 Å². The molecular formula is C13H19N5O2. The van der Waals surface area contributed by atoms with E-state index >= 15 is 0 Å². The van der Waals surface area contributed by atoms with Crippen molar-refractivity contribution >= 4 is 17.1 Å². The van der Waals surface area contributed by atoms with E-state index in [4.69, 9.17) is 5.73 Å². The number of rotatable bonds is 3. The largest absolute Gasteiger partial charge is 0.396 e. The van der Waals surface area contributed by atoms with Gasteiger partial charge in [-0.2, -0.15) is 4.98 Å². The first-order valence-corrected chi connectivity index (χ1v) is 6.75. The van der Waals surface area contributed by atoms with Gasteiger partial charge in [0.25, 0.3) is 5.56 Å². The van der Waals surface area contributed by atoms with Gasteiger partial charge in [0.05, 0.1) is 6.33 Å². The Labute approximate surface area is 115 Å². The third kappa shape index (κ3) is 1.81. The third-order valence-corrected chi connectivity index (χ3v) is 4.80. The van der Waals surface area contributed by atoms with Crippen molar-refractivity contribution < 1.29 is 5.11 Å². The van der Waals surface area contributed by atoms with E-state index in [9.17, 15) is 9.90 Å². The molecule has 7 nitrogen and oxygen atoms in total. The molecule has 1 saturated carbocycles. The second-order valence-corrected chi connectivity index (χ2v) is 6.15. The number of nitrogens with zero attached hydrogens (tertiary/aromatic N) is 3. The molecule has 1 aliphatic rings. The highest BCUT2D eigenvalue weighted by atomic mass is 16.3. The molecule has 1 aliphatic carbocycles. The molecule has 0 aliphatic heterocycles. The van der Waals surface area contributed by atoms with Gasteiger partial charge in [0, 0.05) is 13.2 Å². The summed E-state index contributed by atoms with van der Waals surface area (Å²) in [4.78, 5) is 22.4. The maximum Gasteiger partial charge on any atom is 0.280 e. The van der Waals surface area contributed by atoms with Crippen molar-refractivity contribution in [2.24, 2.45) is 17.3 Å². The number of imidazole rings is 1. The van der Waals surface area contributed by atoms with Gasteiger partial charge in [-0.1, -0.05) is 13.8 Å². The molecule has 0 spiro atoms. The Hall–Kier alpha value is -1.89. The Balaban J connectivity index is 1.91. The molecule has 0 aromatic carbocycles. The second-order valence-electron chi connectivity index (χ2n) is 6.15. The summed E-state index contributed by atoms with van der Waals surface area (Å²) in [5.41, 5.74) is 6.19. The number of fused-ring (bicyclic) bond motifs is 1. The topological polar surface area (TPSA) is 110 Å². The first kappa shape index (κ1) is 13.1. The number of aromatic amines is 1. The van der Waals surface area contributed by atoms with E-state index in [0.717, 1.165) is 13.0 Å². The lowest BCUT2D eigenvalue weighted by atomic mass is 9.55. The number of H-pyrrole nitrogens is 1. The number of hydrogen-bond acceptors (Lipinski definition) is 5. The highest BCUT2D eigenvalue weighted by Crippen LogP contribution is 2.51. The van der Waals surface area contributed by atoms with E-state index in [2.05, 4.69) is 28.8 Å². The van der Waals surface area contributed by atoms with Crippen molar-refractivity contribution in [3.63, 3.8) is 0 Å². The average Bonchev–Trinajstić information content (AvgIpc) is 2.77. The number of hydrogen-bond donors (Lipinski definition) is 3. The first-order valence-electron chi connectivity index (χ1n) is 6.75. The predicted molar refractivity (Wildman–Crippen MR) is 75.0 cm³/mol. The number of aliphatic hydroxyl groups is 1. The lowest BCUT2D eigenvalue weighted by Gasteiger charge is -2.51. The Bertz CT molecular complexity index is 702. The summed E-state index contributed by atoms with van der Waals surface area (Å²) < 4.78 is 1.88. The van der Waals surface area contributed by atoms with Crippen molar-refractivity contribution in [2.45, 2.75) is 26.8 Å². The molecule has 0 saturated heterocycles. The van der Waals surface area contributed by atoms with Crippen LogP contribution in [0.15, 0.2) is 11.1 Å². The molecule has 7 heteroatoms. The molecule has 3 rings (SSSR count). The molecule has 2 aromatic heterocycles. The van der Waals surface area contributed by atoms with Crippen LogP contribution in [-0.4, -0.2) is 31.2 Å². The quantitative estimate of drug-likeness (QED) is 0.750. The Kier molecular flexibility index (Phi) is 2.82. The van der Waals surface area contributed by atoms with Crippen LogP contribution < -0.4 is 11.3 Å². The number of aromatic nitrogens is 4. The fourth-order valence-corrected chi connectivity index (χ4v) is 3.09. The standard InChI is InChI=1S/C13H19N5O2/c1-13(2)7(3-8(13)5-19)4-18-6-15-9-10(18)16-12(14)17-11(9)20/h6-8,19H,3-5H2,1-2H3,(H3,14,16,17,20)/t7-,8+/m1/s1. The van der Waals surface area contributed by atoms with Crippen LogP contribution in [0.4, 0.5) is 5.95 Å². The van der Waals surface area contributed by atoms with Crippen molar-refractivity contribution in [1.29, 1.82) is 0 Å². The first-order chi connectivity index (χ1) is 9.43. The Morgan fingerprint density at radius 3 is 2.95 bits per heavy atom. The van der Waals surface area contributed by atoms with Crippen molar-refractivity contribution in [2.75, 3.05) is 12.3 Å². The molecule has 2 heterocycles. The van der Waals surface area contributed by atoms with Crippen molar-refractivity contribution in [1.82, 2.24) is 19.5 Å². The zero-order chi connectivity index (χ0) is 14.5. The minimum absolute atomic E-state index is 0.0814. The van der Waals surface area contributed by atoms with Gasteiger partial charge in [0.2, 0.25) is 5.95 Å². The highest BCUT2D eigenvalue weighted by molar-refractivity contribution is 5.70. The van der Waals surface area contributed by atoms with Gasteiger partial charge in [-0.3, -0.25) is 9.78 Å². The Morgan fingerprint density at radius 1 is 1.55 bits per heavy atom. The summed E-state index contributed by atoms with van der Waals surface area (Å²) in [6, 6.07) is 0. The monoisotopic (exact) mass is 277 g/mol. The molecule has 0 radical (unpaired) electrons. The van der Waals surface area contributed by atoms with Crippen molar-refractivity contribution in [3.05, 3.63) is 16.7 Å². The molecule has 20 heavy (non-hydrogen) atoms. The smallest absolute Gasteiger partial charge is 0.280 e. The van der Waals surface area contributed by atoms with Gasteiger partial charge >= 0.3 is 0 Å². The number of nitrogens with one attached hydrogen (secondary N) is 1. The summed E-state index contributed by atoms with van der Waals surface area (Å²) in [7, 11) is 0. The second kappa shape index (κ2) is 4.31. The van der Waals surface area contributed by atoms with Gasteiger partial charge < -0.3 is 15.4 Å². The normalized spacial score (nSPS) is 24.8. The van der Waals surface area contributed by atoms with E-state index in [-0.39, 0.29) is 23.5 Å². The Morgan fingerprint density at radius 2 is 2.30 bits per heavy atom. The van der Waals surface area contributed by atoms with E-state index in [1.165, 1.54) is 0 Å². The molecule has 0 unspecified atom stereocenters. The summed E-state index contributed by atoms with van der Waals surface area (Å²) in [5, 5.41) is 9.32. The lowest BCUT2D eigenvalue weighted by molar-refractivity contribution is -0.0591. The van der Waals surface area contributed by atoms with Gasteiger partial charge in [0.1, 0.15) is 0 Å². The zero-order valence-electron chi connectivity index (χ0n) is 11.6. The van der Waals surface area contributed by atoms with E-state index in [0.29, 0.717) is 23.0 Å².